The van der Waals surface area contributed by atoms with Gasteiger partial charge < -0.3 is 15.7 Å². The molecule has 0 amide bonds. The van der Waals surface area contributed by atoms with Crippen LogP contribution in [0.15, 0.2) is 22.7 Å². The number of halogens is 1. The van der Waals surface area contributed by atoms with Crippen LogP contribution in [-0.4, -0.2) is 23.8 Å². The second kappa shape index (κ2) is 5.59. The molecule has 18 heavy (non-hydrogen) atoms. The molecule has 100 valence electrons. The summed E-state index contributed by atoms with van der Waals surface area (Å²) in [6.45, 7) is 4.39. The molecule has 1 aromatic carbocycles. The Morgan fingerprint density at radius 3 is 2.83 bits per heavy atom. The highest BCUT2D eigenvalue weighted by Gasteiger charge is 2.25. The van der Waals surface area contributed by atoms with Gasteiger partial charge in [0.25, 0.3) is 0 Å². The lowest BCUT2D eigenvalue weighted by Crippen LogP contribution is -2.28. The zero-order chi connectivity index (χ0) is 13.2. The Morgan fingerprint density at radius 1 is 1.39 bits per heavy atom. The van der Waals surface area contributed by atoms with E-state index in [1.807, 2.05) is 6.92 Å². The van der Waals surface area contributed by atoms with E-state index in [1.165, 1.54) is 5.69 Å². The van der Waals surface area contributed by atoms with Crippen molar-refractivity contribution in [1.82, 2.24) is 0 Å². The first-order valence-electron chi connectivity index (χ1n) is 6.48. The van der Waals surface area contributed by atoms with Gasteiger partial charge in [0.1, 0.15) is 0 Å². The maximum absolute atomic E-state index is 10.1. The van der Waals surface area contributed by atoms with E-state index < -0.39 is 5.60 Å². The summed E-state index contributed by atoms with van der Waals surface area (Å²) < 4.78 is 1.09. The van der Waals surface area contributed by atoms with Gasteiger partial charge in [-0.25, -0.2) is 0 Å². The monoisotopic (exact) mass is 312 g/mol. The van der Waals surface area contributed by atoms with Crippen LogP contribution in [0.25, 0.3) is 0 Å². The quantitative estimate of drug-likeness (QED) is 0.882. The van der Waals surface area contributed by atoms with Crippen molar-refractivity contribution in [2.75, 3.05) is 18.0 Å². The number of nitrogens with two attached hydrogens (primary N) is 1. The summed E-state index contributed by atoms with van der Waals surface area (Å²) >= 11 is 3.62. The highest BCUT2D eigenvalue weighted by atomic mass is 79.9. The molecule has 1 heterocycles. The van der Waals surface area contributed by atoms with Crippen molar-refractivity contribution >= 4 is 21.6 Å². The lowest BCUT2D eigenvalue weighted by molar-refractivity contribution is 0.0481. The van der Waals surface area contributed by atoms with Crippen LogP contribution in [0, 0.1) is 0 Å². The second-order valence-electron chi connectivity index (χ2n) is 5.33. The number of nitrogens with zero attached hydrogens (tertiary/aromatic N) is 1. The molecule has 0 aromatic heterocycles. The molecule has 1 aliphatic rings. The first-order chi connectivity index (χ1) is 8.52. The standard InChI is InChI=1S/C14H21BrN2O/c1-14(18)5-2-7-17(8-6-14)13-4-3-11(10-16)9-12(13)15/h3-4,9,18H,2,5-8,10,16H2,1H3. The fourth-order valence-electron chi connectivity index (χ4n) is 2.44. The predicted molar refractivity (Wildman–Crippen MR) is 78.7 cm³/mol. The van der Waals surface area contributed by atoms with Crippen molar-refractivity contribution in [3.63, 3.8) is 0 Å². The van der Waals surface area contributed by atoms with E-state index in [0.717, 1.165) is 42.4 Å². The molecular formula is C14H21BrN2O. The summed E-state index contributed by atoms with van der Waals surface area (Å²) in [6, 6.07) is 6.27. The molecule has 1 saturated heterocycles. The maximum Gasteiger partial charge on any atom is 0.0637 e. The molecule has 1 fully saturated rings. The van der Waals surface area contributed by atoms with E-state index in [1.54, 1.807) is 0 Å². The summed E-state index contributed by atoms with van der Waals surface area (Å²) in [6.07, 6.45) is 2.72. The molecule has 0 spiro atoms. The summed E-state index contributed by atoms with van der Waals surface area (Å²) in [7, 11) is 0. The van der Waals surface area contributed by atoms with E-state index in [2.05, 4.69) is 39.0 Å². The first kappa shape index (κ1) is 13.8. The number of anilines is 1. The van der Waals surface area contributed by atoms with Gasteiger partial charge in [-0.3, -0.25) is 0 Å². The molecular weight excluding hydrogens is 292 g/mol. The van der Waals surface area contributed by atoms with Crippen LogP contribution < -0.4 is 10.6 Å². The SMILES string of the molecule is CC1(O)CCCN(c2ccc(CN)cc2Br)CC1. The third kappa shape index (κ3) is 3.25. The number of benzene rings is 1. The minimum Gasteiger partial charge on any atom is -0.390 e. The van der Waals surface area contributed by atoms with E-state index >= 15 is 0 Å². The topological polar surface area (TPSA) is 49.5 Å². The van der Waals surface area contributed by atoms with Crippen molar-refractivity contribution in [3.05, 3.63) is 28.2 Å². The molecule has 1 atom stereocenters. The average molecular weight is 313 g/mol. The predicted octanol–water partition coefficient (Wildman–Crippen LogP) is 2.65. The van der Waals surface area contributed by atoms with Gasteiger partial charge in [-0.2, -0.15) is 0 Å². The molecule has 2 rings (SSSR count). The van der Waals surface area contributed by atoms with Gasteiger partial charge >= 0.3 is 0 Å². The lowest BCUT2D eigenvalue weighted by Gasteiger charge is -2.25. The van der Waals surface area contributed by atoms with E-state index in [4.69, 9.17) is 5.73 Å². The van der Waals surface area contributed by atoms with Crippen LogP contribution in [0.2, 0.25) is 0 Å². The molecule has 0 radical (unpaired) electrons. The minimum atomic E-state index is -0.515. The van der Waals surface area contributed by atoms with Crippen LogP contribution in [0.1, 0.15) is 31.7 Å². The average Bonchev–Trinajstić information content (AvgIpc) is 2.50. The first-order valence-corrected chi connectivity index (χ1v) is 7.27. The summed E-state index contributed by atoms with van der Waals surface area (Å²) in [5, 5.41) is 10.1. The number of rotatable bonds is 2. The van der Waals surface area contributed by atoms with Gasteiger partial charge in [0.15, 0.2) is 0 Å². The highest BCUT2D eigenvalue weighted by molar-refractivity contribution is 9.10. The molecule has 0 saturated carbocycles. The lowest BCUT2D eigenvalue weighted by atomic mass is 9.98. The van der Waals surface area contributed by atoms with Crippen LogP contribution in [0.4, 0.5) is 5.69 Å². The van der Waals surface area contributed by atoms with Crippen LogP contribution in [-0.2, 0) is 6.54 Å². The third-order valence-electron chi connectivity index (χ3n) is 3.65. The van der Waals surface area contributed by atoms with Crippen LogP contribution in [0.3, 0.4) is 0 Å². The van der Waals surface area contributed by atoms with Crippen molar-refractivity contribution < 1.29 is 5.11 Å². The number of aliphatic hydroxyl groups is 1. The Kier molecular flexibility index (Phi) is 4.30. The largest absolute Gasteiger partial charge is 0.390 e. The van der Waals surface area contributed by atoms with Crippen LogP contribution >= 0.6 is 15.9 Å². The Hall–Kier alpha value is -0.580. The van der Waals surface area contributed by atoms with Gasteiger partial charge in [-0.1, -0.05) is 6.07 Å². The Balaban J connectivity index is 2.16. The summed E-state index contributed by atoms with van der Waals surface area (Å²) in [5.74, 6) is 0. The highest BCUT2D eigenvalue weighted by Crippen LogP contribution is 2.31. The summed E-state index contributed by atoms with van der Waals surface area (Å²) in [4.78, 5) is 2.34. The van der Waals surface area contributed by atoms with Crippen molar-refractivity contribution in [2.45, 2.75) is 38.3 Å². The molecule has 3 N–H and O–H groups in total. The van der Waals surface area contributed by atoms with Crippen LogP contribution in [0.5, 0.6) is 0 Å². The molecule has 4 heteroatoms. The zero-order valence-corrected chi connectivity index (χ0v) is 12.4. The van der Waals surface area contributed by atoms with Gasteiger partial charge in [-0.15, -0.1) is 0 Å². The van der Waals surface area contributed by atoms with E-state index in [9.17, 15) is 5.11 Å². The Bertz CT molecular complexity index is 420. The van der Waals surface area contributed by atoms with Crippen molar-refractivity contribution in [2.24, 2.45) is 5.73 Å². The molecule has 3 nitrogen and oxygen atoms in total. The zero-order valence-electron chi connectivity index (χ0n) is 10.8. The third-order valence-corrected chi connectivity index (χ3v) is 4.29. The maximum atomic E-state index is 10.1. The molecule has 1 aromatic rings. The van der Waals surface area contributed by atoms with Crippen molar-refractivity contribution in [3.8, 4) is 0 Å². The van der Waals surface area contributed by atoms with Crippen molar-refractivity contribution in [1.29, 1.82) is 0 Å². The fourth-order valence-corrected chi connectivity index (χ4v) is 3.12. The van der Waals surface area contributed by atoms with Gasteiger partial charge in [0.2, 0.25) is 0 Å². The Morgan fingerprint density at radius 2 is 2.17 bits per heavy atom. The second-order valence-corrected chi connectivity index (χ2v) is 6.18. The van der Waals surface area contributed by atoms with Gasteiger partial charge in [0, 0.05) is 24.1 Å². The van der Waals surface area contributed by atoms with E-state index in [-0.39, 0.29) is 0 Å². The summed E-state index contributed by atoms with van der Waals surface area (Å²) in [5.41, 5.74) is 7.46. The molecule has 1 aliphatic heterocycles. The van der Waals surface area contributed by atoms with Gasteiger partial charge in [-0.05, 0) is 59.8 Å². The smallest absolute Gasteiger partial charge is 0.0637 e. The minimum absolute atomic E-state index is 0.515. The Labute approximate surface area is 117 Å². The van der Waals surface area contributed by atoms with Gasteiger partial charge in [0.05, 0.1) is 11.3 Å². The molecule has 1 unspecified atom stereocenters. The fraction of sp³-hybridized carbons (Fsp3) is 0.571. The normalized spacial score (nSPS) is 25.0. The van der Waals surface area contributed by atoms with E-state index in [0.29, 0.717) is 6.54 Å². The number of hydrogen-bond donors (Lipinski definition) is 2. The molecule has 0 bridgehead atoms. The molecule has 0 aliphatic carbocycles. The number of hydrogen-bond acceptors (Lipinski definition) is 3.